The molecule has 0 N–H and O–H groups in total. The van der Waals surface area contributed by atoms with Crippen LogP contribution in [-0.2, 0) is 5.75 Å². The van der Waals surface area contributed by atoms with Crippen LogP contribution in [-0.4, -0.2) is 28.5 Å². The van der Waals surface area contributed by atoms with Gasteiger partial charge in [0.15, 0.2) is 5.16 Å². The third-order valence-electron chi connectivity index (χ3n) is 5.96. The number of benzene rings is 2. The van der Waals surface area contributed by atoms with Crippen molar-refractivity contribution >= 4 is 34.1 Å². The summed E-state index contributed by atoms with van der Waals surface area (Å²) in [4.78, 5) is 18.4. The zero-order chi connectivity index (χ0) is 23.2. The largest absolute Gasteiger partial charge is 0.307 e. The zero-order valence-corrected chi connectivity index (χ0v) is 19.6. The minimum absolute atomic E-state index is 0.0968. The molecule has 0 atom stereocenters. The van der Waals surface area contributed by atoms with E-state index >= 15 is 0 Å². The van der Waals surface area contributed by atoms with Crippen LogP contribution in [0.3, 0.4) is 0 Å². The molecule has 8 heteroatoms. The van der Waals surface area contributed by atoms with Crippen molar-refractivity contribution in [2.24, 2.45) is 0 Å². The molecular formula is C26H22N6OS. The van der Waals surface area contributed by atoms with Gasteiger partial charge in [-0.25, -0.2) is 9.55 Å². The van der Waals surface area contributed by atoms with E-state index in [4.69, 9.17) is 4.98 Å². The average molecular weight is 467 g/mol. The van der Waals surface area contributed by atoms with Gasteiger partial charge >= 0.3 is 0 Å². The Morgan fingerprint density at radius 2 is 1.74 bits per heavy atom. The molecule has 0 fully saturated rings. The molecule has 4 heterocycles. The number of pyridine rings is 1. The molecule has 0 saturated heterocycles. The third-order valence-corrected chi connectivity index (χ3v) is 6.92. The van der Waals surface area contributed by atoms with Gasteiger partial charge in [-0.3, -0.25) is 9.20 Å². The summed E-state index contributed by atoms with van der Waals surface area (Å²) >= 11 is 1.56. The molecular weight excluding hydrogens is 444 g/mol. The molecule has 2 aromatic carbocycles. The molecule has 0 bridgehead atoms. The van der Waals surface area contributed by atoms with Gasteiger partial charge in [-0.15, -0.1) is 10.2 Å². The highest BCUT2D eigenvalue weighted by molar-refractivity contribution is 7.98. The predicted molar refractivity (Wildman–Crippen MR) is 135 cm³/mol. The zero-order valence-electron chi connectivity index (χ0n) is 18.8. The van der Waals surface area contributed by atoms with Crippen molar-refractivity contribution < 1.29 is 0 Å². The van der Waals surface area contributed by atoms with Crippen molar-refractivity contribution in [1.82, 2.24) is 28.5 Å². The summed E-state index contributed by atoms with van der Waals surface area (Å²) in [6.07, 6.45) is 4.01. The Bertz CT molecular complexity index is 1700. The van der Waals surface area contributed by atoms with Crippen molar-refractivity contribution in [2.45, 2.75) is 30.7 Å². The number of hydrogen-bond acceptors (Lipinski definition) is 5. The van der Waals surface area contributed by atoms with Crippen LogP contribution in [0.4, 0.5) is 0 Å². The van der Waals surface area contributed by atoms with Crippen molar-refractivity contribution in [3.63, 3.8) is 0 Å². The van der Waals surface area contributed by atoms with E-state index in [-0.39, 0.29) is 11.5 Å². The summed E-state index contributed by atoms with van der Waals surface area (Å²) in [6.45, 7) is 4.25. The Kier molecular flexibility index (Phi) is 4.95. The molecule has 0 spiro atoms. The van der Waals surface area contributed by atoms with E-state index in [0.717, 1.165) is 33.3 Å². The van der Waals surface area contributed by atoms with Gasteiger partial charge in [0, 0.05) is 18.1 Å². The summed E-state index contributed by atoms with van der Waals surface area (Å²) in [6, 6.07) is 21.6. The number of para-hydroxylation sites is 2. The Labute approximate surface area is 199 Å². The number of thioether (sulfide) groups is 1. The van der Waals surface area contributed by atoms with Gasteiger partial charge in [-0.2, -0.15) is 0 Å². The third kappa shape index (κ3) is 3.30. The number of fused-ring (bicyclic) bond motifs is 4. The lowest BCUT2D eigenvalue weighted by molar-refractivity contribution is 0.837. The lowest BCUT2D eigenvalue weighted by atomic mass is 10.0. The van der Waals surface area contributed by atoms with Crippen LogP contribution in [0, 0.1) is 0 Å². The fourth-order valence-electron chi connectivity index (χ4n) is 4.36. The van der Waals surface area contributed by atoms with Crippen LogP contribution in [0.15, 0.2) is 89.1 Å². The van der Waals surface area contributed by atoms with Crippen molar-refractivity contribution in [3.8, 4) is 5.69 Å². The van der Waals surface area contributed by atoms with Crippen LogP contribution >= 0.6 is 11.8 Å². The highest BCUT2D eigenvalue weighted by atomic mass is 32.2. The number of rotatable bonds is 5. The molecule has 6 rings (SSSR count). The van der Waals surface area contributed by atoms with E-state index < -0.39 is 0 Å². The molecule has 0 aliphatic carbocycles. The molecule has 0 unspecified atom stereocenters. The first-order valence-electron chi connectivity index (χ1n) is 11.2. The number of hydrogen-bond donors (Lipinski definition) is 0. The Balaban J connectivity index is 1.53. The van der Waals surface area contributed by atoms with Crippen molar-refractivity contribution in [3.05, 3.63) is 101 Å². The second kappa shape index (κ2) is 8.14. The maximum Gasteiger partial charge on any atom is 0.267 e. The lowest BCUT2D eigenvalue weighted by Gasteiger charge is -2.16. The first-order chi connectivity index (χ1) is 16.6. The second-order valence-electron chi connectivity index (χ2n) is 8.48. The molecule has 4 aromatic heterocycles. The van der Waals surface area contributed by atoms with Crippen LogP contribution in [0.1, 0.15) is 31.0 Å². The molecule has 34 heavy (non-hydrogen) atoms. The average Bonchev–Trinajstić information content (AvgIpc) is 3.47. The standard InChI is InChI=1S/C26H22N6OS/c1-17(2)19-9-3-5-11-21(19)31-24(33)20-10-4-6-12-22(20)32-25(31)28-29-26(32)34-16-18-15-30-14-8-7-13-23(30)27-18/h3-15,17H,16H2,1-2H3. The predicted octanol–water partition coefficient (Wildman–Crippen LogP) is 5.10. The molecule has 6 aromatic rings. The summed E-state index contributed by atoms with van der Waals surface area (Å²) in [5, 5.41) is 10.3. The highest BCUT2D eigenvalue weighted by Crippen LogP contribution is 2.28. The van der Waals surface area contributed by atoms with Crippen molar-refractivity contribution in [2.75, 3.05) is 0 Å². The topological polar surface area (TPSA) is 69.5 Å². The molecule has 0 aliphatic rings. The van der Waals surface area contributed by atoms with E-state index in [0.29, 0.717) is 16.9 Å². The van der Waals surface area contributed by atoms with Gasteiger partial charge in [0.2, 0.25) is 5.78 Å². The SMILES string of the molecule is CC(C)c1ccccc1-n1c(=O)c2ccccc2n2c(SCc3cn4ccccc4n3)nnc12. The Morgan fingerprint density at radius 1 is 0.941 bits per heavy atom. The number of imidazole rings is 1. The maximum absolute atomic E-state index is 13.7. The van der Waals surface area contributed by atoms with Gasteiger partial charge in [0.1, 0.15) is 5.65 Å². The molecule has 0 saturated carbocycles. The Hall–Kier alpha value is -3.91. The molecule has 7 nitrogen and oxygen atoms in total. The Morgan fingerprint density at radius 3 is 2.59 bits per heavy atom. The highest BCUT2D eigenvalue weighted by Gasteiger charge is 2.20. The van der Waals surface area contributed by atoms with E-state index in [1.54, 1.807) is 16.3 Å². The lowest BCUT2D eigenvalue weighted by Crippen LogP contribution is -2.23. The molecule has 168 valence electrons. The van der Waals surface area contributed by atoms with E-state index in [1.807, 2.05) is 81.9 Å². The molecule has 0 amide bonds. The fraction of sp³-hybridized carbons (Fsp3) is 0.154. The van der Waals surface area contributed by atoms with Gasteiger partial charge in [0.05, 0.1) is 22.3 Å². The maximum atomic E-state index is 13.7. The minimum Gasteiger partial charge on any atom is -0.307 e. The number of aromatic nitrogens is 6. The van der Waals surface area contributed by atoms with Crippen LogP contribution in [0.2, 0.25) is 0 Å². The van der Waals surface area contributed by atoms with Crippen LogP contribution in [0.5, 0.6) is 0 Å². The molecule has 0 aliphatic heterocycles. The van der Waals surface area contributed by atoms with Gasteiger partial charge in [-0.1, -0.05) is 62.0 Å². The van der Waals surface area contributed by atoms with Gasteiger partial charge in [-0.05, 0) is 41.8 Å². The summed E-state index contributed by atoms with van der Waals surface area (Å²) in [5.41, 5.74) is 4.49. The van der Waals surface area contributed by atoms with Gasteiger partial charge < -0.3 is 4.40 Å². The van der Waals surface area contributed by atoms with E-state index in [9.17, 15) is 4.79 Å². The normalized spacial score (nSPS) is 11.9. The fourth-order valence-corrected chi connectivity index (χ4v) is 5.19. The molecule has 0 radical (unpaired) electrons. The summed E-state index contributed by atoms with van der Waals surface area (Å²) < 4.78 is 5.68. The van der Waals surface area contributed by atoms with E-state index in [2.05, 4.69) is 30.1 Å². The van der Waals surface area contributed by atoms with Gasteiger partial charge in [0.25, 0.3) is 5.56 Å². The summed E-state index contributed by atoms with van der Waals surface area (Å²) in [5.74, 6) is 1.40. The summed E-state index contributed by atoms with van der Waals surface area (Å²) in [7, 11) is 0. The van der Waals surface area contributed by atoms with Crippen LogP contribution < -0.4 is 5.56 Å². The minimum atomic E-state index is -0.0968. The first kappa shape index (κ1) is 20.7. The quantitative estimate of drug-likeness (QED) is 0.331. The van der Waals surface area contributed by atoms with Crippen molar-refractivity contribution in [1.29, 1.82) is 0 Å². The smallest absolute Gasteiger partial charge is 0.267 e. The second-order valence-corrected chi connectivity index (χ2v) is 9.42. The monoisotopic (exact) mass is 466 g/mol. The van der Waals surface area contributed by atoms with Crippen LogP contribution in [0.25, 0.3) is 28.0 Å². The van der Waals surface area contributed by atoms with E-state index in [1.165, 1.54) is 0 Å². The number of nitrogens with zero attached hydrogens (tertiary/aromatic N) is 6. The first-order valence-corrected chi connectivity index (χ1v) is 12.1.